The van der Waals surface area contributed by atoms with E-state index in [1.54, 1.807) is 29.9 Å². The molecule has 0 aliphatic rings. The molecule has 0 aliphatic heterocycles. The third-order valence-electron chi connectivity index (χ3n) is 5.44. The van der Waals surface area contributed by atoms with Crippen molar-refractivity contribution in [2.75, 3.05) is 0 Å². The van der Waals surface area contributed by atoms with Crippen LogP contribution in [0.25, 0.3) is 11.5 Å². The number of ether oxygens (including phenoxy) is 1. The summed E-state index contributed by atoms with van der Waals surface area (Å²) in [7, 11) is 0. The van der Waals surface area contributed by atoms with Crippen LogP contribution in [0.4, 0.5) is 8.78 Å². The van der Waals surface area contributed by atoms with E-state index in [0.29, 0.717) is 23.3 Å². The van der Waals surface area contributed by atoms with Crippen LogP contribution in [0.15, 0.2) is 47.7 Å². The second kappa shape index (κ2) is 9.22. The Morgan fingerprint density at radius 3 is 2.49 bits per heavy atom. The zero-order chi connectivity index (χ0) is 25.5. The average Bonchev–Trinajstić information content (AvgIpc) is 3.28. The summed E-state index contributed by atoms with van der Waals surface area (Å²) in [6, 6.07) is 5.99. The van der Waals surface area contributed by atoms with E-state index in [4.69, 9.17) is 16.3 Å². The maximum absolute atomic E-state index is 13.9. The Labute approximate surface area is 206 Å². The lowest BCUT2D eigenvalue weighted by Gasteiger charge is -2.17. The zero-order valence-electron chi connectivity index (χ0n) is 19.9. The van der Waals surface area contributed by atoms with Crippen LogP contribution in [0.1, 0.15) is 43.4 Å². The molecular formula is C25H24ClF2N5O2. The van der Waals surface area contributed by atoms with Crippen molar-refractivity contribution in [3.8, 4) is 17.3 Å². The molecule has 0 atom stereocenters. The molecule has 0 saturated carbocycles. The van der Waals surface area contributed by atoms with Gasteiger partial charge in [-0.3, -0.25) is 14.3 Å². The summed E-state index contributed by atoms with van der Waals surface area (Å²) < 4.78 is 35.7. The van der Waals surface area contributed by atoms with Crippen molar-refractivity contribution in [2.24, 2.45) is 0 Å². The SMILES string of the molecule is Cc1cnc(-n2ccc(C(C)(C)C)n2)cc1-n1c(C)cc(OCc2ncc(F)cc2F)c(Cl)c1=O. The third-order valence-corrected chi connectivity index (χ3v) is 5.79. The van der Waals surface area contributed by atoms with Crippen molar-refractivity contribution in [2.45, 2.75) is 46.6 Å². The Kier molecular flexibility index (Phi) is 6.46. The third kappa shape index (κ3) is 4.95. The highest BCUT2D eigenvalue weighted by atomic mass is 35.5. The van der Waals surface area contributed by atoms with Gasteiger partial charge in [0.25, 0.3) is 5.56 Å². The van der Waals surface area contributed by atoms with Crippen LogP contribution in [0, 0.1) is 25.5 Å². The molecule has 4 rings (SSSR count). The Balaban J connectivity index is 1.70. The molecule has 0 amide bonds. The fraction of sp³-hybridized carbons (Fsp3) is 0.280. The van der Waals surface area contributed by atoms with Crippen LogP contribution < -0.4 is 10.3 Å². The van der Waals surface area contributed by atoms with Gasteiger partial charge in [0.05, 0.1) is 17.6 Å². The van der Waals surface area contributed by atoms with E-state index in [2.05, 4.69) is 35.8 Å². The predicted molar refractivity (Wildman–Crippen MR) is 129 cm³/mol. The molecule has 4 aromatic heterocycles. The topological polar surface area (TPSA) is 74.8 Å². The standard InChI is InChI=1S/C25H24ClF2N5O2/c1-14-11-30-22(32-7-6-21(31-32)25(3,4)5)10-19(14)33-15(2)8-20(23(26)24(33)34)35-13-18-17(28)9-16(27)12-29-18/h6-12H,13H2,1-5H3. The summed E-state index contributed by atoms with van der Waals surface area (Å²) in [4.78, 5) is 21.4. The van der Waals surface area contributed by atoms with Crippen LogP contribution in [-0.2, 0) is 12.0 Å². The van der Waals surface area contributed by atoms with Crippen molar-refractivity contribution in [3.05, 3.63) is 92.5 Å². The lowest BCUT2D eigenvalue weighted by Crippen LogP contribution is -2.23. The number of hydrogen-bond acceptors (Lipinski definition) is 5. The van der Waals surface area contributed by atoms with Crippen molar-refractivity contribution in [1.82, 2.24) is 24.3 Å². The van der Waals surface area contributed by atoms with Crippen LogP contribution in [0.5, 0.6) is 5.75 Å². The Morgan fingerprint density at radius 2 is 1.83 bits per heavy atom. The highest BCUT2D eigenvalue weighted by Crippen LogP contribution is 2.26. The highest BCUT2D eigenvalue weighted by molar-refractivity contribution is 6.31. The average molecular weight is 500 g/mol. The van der Waals surface area contributed by atoms with Gasteiger partial charge in [0.1, 0.15) is 28.9 Å². The number of aryl methyl sites for hydroxylation is 2. The smallest absolute Gasteiger partial charge is 0.277 e. The molecule has 0 aromatic carbocycles. The molecule has 35 heavy (non-hydrogen) atoms. The van der Waals surface area contributed by atoms with Crippen LogP contribution in [0.3, 0.4) is 0 Å². The van der Waals surface area contributed by atoms with E-state index in [9.17, 15) is 13.6 Å². The minimum Gasteiger partial charge on any atom is -0.485 e. The normalized spacial score (nSPS) is 11.7. The first-order valence-corrected chi connectivity index (χ1v) is 11.2. The van der Waals surface area contributed by atoms with Crippen molar-refractivity contribution < 1.29 is 13.5 Å². The minimum atomic E-state index is -0.848. The molecule has 0 bridgehead atoms. The van der Waals surface area contributed by atoms with E-state index >= 15 is 0 Å². The minimum absolute atomic E-state index is 0.0739. The van der Waals surface area contributed by atoms with Gasteiger partial charge < -0.3 is 4.74 Å². The fourth-order valence-corrected chi connectivity index (χ4v) is 3.69. The number of nitrogens with zero attached hydrogens (tertiary/aromatic N) is 5. The molecule has 4 aromatic rings. The number of hydrogen-bond donors (Lipinski definition) is 0. The van der Waals surface area contributed by atoms with Gasteiger partial charge in [-0.05, 0) is 25.5 Å². The number of rotatable bonds is 5. The van der Waals surface area contributed by atoms with Crippen molar-refractivity contribution in [1.29, 1.82) is 0 Å². The van der Waals surface area contributed by atoms with Gasteiger partial charge >= 0.3 is 0 Å². The number of pyridine rings is 3. The van der Waals surface area contributed by atoms with Gasteiger partial charge in [-0.25, -0.2) is 18.4 Å². The zero-order valence-corrected chi connectivity index (χ0v) is 20.7. The largest absolute Gasteiger partial charge is 0.485 e. The number of halogens is 3. The van der Waals surface area contributed by atoms with Gasteiger partial charge in [-0.1, -0.05) is 32.4 Å². The van der Waals surface area contributed by atoms with E-state index < -0.39 is 17.2 Å². The monoisotopic (exact) mass is 499 g/mol. The summed E-state index contributed by atoms with van der Waals surface area (Å²) >= 11 is 6.35. The molecule has 0 fully saturated rings. The van der Waals surface area contributed by atoms with Crippen molar-refractivity contribution >= 4 is 11.6 Å². The van der Waals surface area contributed by atoms with Gasteiger partial charge in [-0.15, -0.1) is 0 Å². The summed E-state index contributed by atoms with van der Waals surface area (Å²) in [5, 5.41) is 4.44. The molecule has 182 valence electrons. The maximum atomic E-state index is 13.9. The van der Waals surface area contributed by atoms with E-state index in [-0.39, 0.29) is 28.5 Å². The van der Waals surface area contributed by atoms with Gasteiger partial charge in [0.15, 0.2) is 11.6 Å². The molecule has 10 heteroatoms. The van der Waals surface area contributed by atoms with Gasteiger partial charge in [0, 0.05) is 41.7 Å². The second-order valence-electron chi connectivity index (χ2n) is 9.20. The summed E-state index contributed by atoms with van der Waals surface area (Å²) in [6.07, 6.45) is 4.38. The Bertz CT molecular complexity index is 1470. The van der Waals surface area contributed by atoms with Gasteiger partial charge in [0.2, 0.25) is 0 Å². The highest BCUT2D eigenvalue weighted by Gasteiger charge is 2.19. The number of aromatic nitrogens is 5. The van der Waals surface area contributed by atoms with E-state index in [0.717, 1.165) is 17.5 Å². The first-order valence-electron chi connectivity index (χ1n) is 10.8. The van der Waals surface area contributed by atoms with E-state index in [1.165, 1.54) is 4.57 Å². The van der Waals surface area contributed by atoms with Crippen LogP contribution in [-0.4, -0.2) is 24.3 Å². The lowest BCUT2D eigenvalue weighted by molar-refractivity contribution is 0.292. The molecule has 0 unspecified atom stereocenters. The fourth-order valence-electron chi connectivity index (χ4n) is 3.50. The van der Waals surface area contributed by atoms with Crippen LogP contribution in [0.2, 0.25) is 5.02 Å². The molecule has 4 heterocycles. The Morgan fingerprint density at radius 1 is 1.09 bits per heavy atom. The van der Waals surface area contributed by atoms with Gasteiger partial charge in [-0.2, -0.15) is 5.10 Å². The van der Waals surface area contributed by atoms with Crippen LogP contribution >= 0.6 is 11.6 Å². The van der Waals surface area contributed by atoms with Crippen molar-refractivity contribution in [3.63, 3.8) is 0 Å². The molecule has 7 nitrogen and oxygen atoms in total. The Hall–Kier alpha value is -3.59. The lowest BCUT2D eigenvalue weighted by atomic mass is 9.93. The second-order valence-corrected chi connectivity index (χ2v) is 9.58. The summed E-state index contributed by atoms with van der Waals surface area (Å²) in [5.74, 6) is -1.02. The first kappa shape index (κ1) is 24.5. The molecular weight excluding hydrogens is 476 g/mol. The maximum Gasteiger partial charge on any atom is 0.277 e. The summed E-state index contributed by atoms with van der Waals surface area (Å²) in [5.41, 5.74) is 2.05. The first-order chi connectivity index (χ1) is 16.5. The predicted octanol–water partition coefficient (Wildman–Crippen LogP) is 5.24. The summed E-state index contributed by atoms with van der Waals surface area (Å²) in [6.45, 7) is 9.46. The molecule has 0 radical (unpaired) electrons. The molecule has 0 N–H and O–H groups in total. The molecule has 0 aliphatic carbocycles. The van der Waals surface area contributed by atoms with E-state index in [1.807, 2.05) is 19.2 Å². The molecule has 0 spiro atoms. The quantitative estimate of drug-likeness (QED) is 0.375. The molecule has 0 saturated heterocycles.